The molecule has 98 valence electrons. The van der Waals surface area contributed by atoms with Crippen molar-refractivity contribution in [3.05, 3.63) is 12.7 Å². The molecule has 0 aromatic carbocycles. The summed E-state index contributed by atoms with van der Waals surface area (Å²) in [6.45, 7) is 6.04. The average molecular weight is 250 g/mol. The molecule has 3 aliphatic rings. The third-order valence-corrected chi connectivity index (χ3v) is 5.18. The van der Waals surface area contributed by atoms with Crippen molar-refractivity contribution < 1.29 is 19.1 Å². The summed E-state index contributed by atoms with van der Waals surface area (Å²) in [5.41, 5.74) is -0.00493. The van der Waals surface area contributed by atoms with Crippen LogP contribution in [0.5, 0.6) is 0 Å². The highest BCUT2D eigenvalue weighted by Crippen LogP contribution is 2.64. The van der Waals surface area contributed by atoms with Crippen LogP contribution in [0.15, 0.2) is 12.7 Å². The molecule has 0 aromatic rings. The van der Waals surface area contributed by atoms with E-state index in [0.717, 1.165) is 19.3 Å². The normalized spacial score (nSPS) is 44.6. The molecule has 2 aliphatic carbocycles. The van der Waals surface area contributed by atoms with Gasteiger partial charge in [-0.3, -0.25) is 4.79 Å². The minimum Gasteiger partial charge on any atom is -0.465 e. The van der Waals surface area contributed by atoms with Gasteiger partial charge in [-0.15, -0.1) is 0 Å². The monoisotopic (exact) mass is 250 g/mol. The quantitative estimate of drug-likeness (QED) is 0.565. The van der Waals surface area contributed by atoms with E-state index in [4.69, 9.17) is 9.47 Å². The van der Waals surface area contributed by atoms with Gasteiger partial charge in [0.25, 0.3) is 0 Å². The number of cyclic esters (lactones) is 1. The fourth-order valence-electron chi connectivity index (χ4n) is 4.37. The Bertz CT molecular complexity index is 416. The third-order valence-electron chi connectivity index (χ3n) is 5.18. The van der Waals surface area contributed by atoms with Crippen LogP contribution in [0.4, 0.5) is 0 Å². The number of ether oxygens (including phenoxy) is 2. The predicted octanol–water partition coefficient (Wildman–Crippen LogP) is 1.69. The number of hydrogen-bond donors (Lipinski definition) is 0. The SMILES string of the molecule is C=CC(=O)OC1CC2(CC)CC1C1COC(=O)C12. The second-order valence-electron chi connectivity index (χ2n) is 5.74. The zero-order chi connectivity index (χ0) is 12.9. The minimum atomic E-state index is -0.361. The van der Waals surface area contributed by atoms with Crippen LogP contribution in [0.25, 0.3) is 0 Å². The van der Waals surface area contributed by atoms with E-state index in [0.29, 0.717) is 6.61 Å². The Labute approximate surface area is 106 Å². The second kappa shape index (κ2) is 3.84. The van der Waals surface area contributed by atoms with E-state index in [1.54, 1.807) is 0 Å². The van der Waals surface area contributed by atoms with Crippen molar-refractivity contribution in [2.45, 2.75) is 32.3 Å². The van der Waals surface area contributed by atoms with Gasteiger partial charge in [0.15, 0.2) is 0 Å². The van der Waals surface area contributed by atoms with E-state index in [1.165, 1.54) is 6.08 Å². The van der Waals surface area contributed by atoms with Gasteiger partial charge >= 0.3 is 11.9 Å². The Morgan fingerprint density at radius 3 is 3.00 bits per heavy atom. The Hall–Kier alpha value is -1.32. The van der Waals surface area contributed by atoms with Crippen molar-refractivity contribution in [1.29, 1.82) is 0 Å². The highest BCUT2D eigenvalue weighted by molar-refractivity contribution is 5.81. The van der Waals surface area contributed by atoms with Gasteiger partial charge in [-0.25, -0.2) is 4.79 Å². The van der Waals surface area contributed by atoms with Crippen LogP contribution in [-0.2, 0) is 19.1 Å². The summed E-state index contributed by atoms with van der Waals surface area (Å²) in [5, 5.41) is 0. The van der Waals surface area contributed by atoms with Crippen molar-refractivity contribution in [3.63, 3.8) is 0 Å². The lowest BCUT2D eigenvalue weighted by Crippen LogP contribution is -2.39. The standard InChI is InChI=1S/C14H18O4/c1-3-11(15)18-10-6-14(4-2)5-8(10)9-7-17-13(16)12(9)14/h3,8-10,12H,1,4-7H2,2H3. The van der Waals surface area contributed by atoms with Crippen molar-refractivity contribution in [1.82, 2.24) is 0 Å². The molecule has 0 radical (unpaired) electrons. The van der Waals surface area contributed by atoms with E-state index < -0.39 is 0 Å². The first-order valence-corrected chi connectivity index (χ1v) is 6.61. The van der Waals surface area contributed by atoms with Crippen LogP contribution in [0.3, 0.4) is 0 Å². The Morgan fingerprint density at radius 2 is 2.33 bits per heavy atom. The molecule has 0 aromatic heterocycles. The van der Waals surface area contributed by atoms with Crippen LogP contribution in [0.1, 0.15) is 26.2 Å². The van der Waals surface area contributed by atoms with Gasteiger partial charge in [0.05, 0.1) is 12.5 Å². The summed E-state index contributed by atoms with van der Waals surface area (Å²) < 4.78 is 10.6. The molecule has 3 rings (SSSR count). The molecule has 4 heteroatoms. The zero-order valence-electron chi connectivity index (χ0n) is 10.6. The summed E-state index contributed by atoms with van der Waals surface area (Å²) in [5.74, 6) is 0.156. The minimum absolute atomic E-state index is 0.00493. The summed E-state index contributed by atoms with van der Waals surface area (Å²) in [7, 11) is 0. The van der Waals surface area contributed by atoms with E-state index >= 15 is 0 Å². The van der Waals surface area contributed by atoms with Gasteiger partial charge in [0.1, 0.15) is 6.10 Å². The third kappa shape index (κ3) is 1.38. The molecule has 0 spiro atoms. The van der Waals surface area contributed by atoms with Gasteiger partial charge < -0.3 is 9.47 Å². The molecule has 5 unspecified atom stereocenters. The number of fused-ring (bicyclic) bond motifs is 5. The second-order valence-corrected chi connectivity index (χ2v) is 5.74. The fourth-order valence-corrected chi connectivity index (χ4v) is 4.37. The van der Waals surface area contributed by atoms with Gasteiger partial charge in [0.2, 0.25) is 0 Å². The lowest BCUT2D eigenvalue weighted by Gasteiger charge is -2.35. The van der Waals surface area contributed by atoms with Crippen LogP contribution < -0.4 is 0 Å². The molecular weight excluding hydrogens is 232 g/mol. The maximum atomic E-state index is 11.8. The molecule has 1 aliphatic heterocycles. The van der Waals surface area contributed by atoms with Crippen molar-refractivity contribution in [3.8, 4) is 0 Å². The zero-order valence-corrected chi connectivity index (χ0v) is 10.6. The summed E-state index contributed by atoms with van der Waals surface area (Å²) >= 11 is 0. The van der Waals surface area contributed by atoms with Gasteiger partial charge in [0, 0.05) is 17.9 Å². The molecule has 18 heavy (non-hydrogen) atoms. The fraction of sp³-hybridized carbons (Fsp3) is 0.714. The predicted molar refractivity (Wildman–Crippen MR) is 63.5 cm³/mol. The van der Waals surface area contributed by atoms with Gasteiger partial charge in [-0.05, 0) is 24.7 Å². The number of carbonyl (C=O) groups is 2. The Kier molecular flexibility index (Phi) is 2.50. The first-order chi connectivity index (χ1) is 8.61. The molecule has 1 heterocycles. The van der Waals surface area contributed by atoms with E-state index in [9.17, 15) is 9.59 Å². The van der Waals surface area contributed by atoms with Gasteiger partial charge in [-0.1, -0.05) is 13.5 Å². The summed E-state index contributed by atoms with van der Waals surface area (Å²) in [6, 6.07) is 0. The largest absolute Gasteiger partial charge is 0.465 e. The van der Waals surface area contributed by atoms with E-state index in [-0.39, 0.29) is 41.2 Å². The molecular formula is C14H18O4. The lowest BCUT2D eigenvalue weighted by atomic mass is 9.69. The average Bonchev–Trinajstić information content (AvgIpc) is 3.00. The molecule has 0 amide bonds. The summed E-state index contributed by atoms with van der Waals surface area (Å²) in [4.78, 5) is 23.2. The maximum absolute atomic E-state index is 11.8. The topological polar surface area (TPSA) is 52.6 Å². The van der Waals surface area contributed by atoms with E-state index in [2.05, 4.69) is 13.5 Å². The van der Waals surface area contributed by atoms with Crippen LogP contribution in [0, 0.1) is 23.2 Å². The molecule has 1 saturated heterocycles. The number of rotatable bonds is 3. The van der Waals surface area contributed by atoms with Gasteiger partial charge in [-0.2, -0.15) is 0 Å². The molecule has 2 saturated carbocycles. The van der Waals surface area contributed by atoms with Crippen molar-refractivity contribution in [2.24, 2.45) is 23.2 Å². The smallest absolute Gasteiger partial charge is 0.330 e. The molecule has 3 fully saturated rings. The highest BCUT2D eigenvalue weighted by Gasteiger charge is 2.67. The molecule has 2 bridgehead atoms. The molecule has 4 nitrogen and oxygen atoms in total. The number of esters is 2. The molecule has 5 atom stereocenters. The molecule has 0 N–H and O–H groups in total. The van der Waals surface area contributed by atoms with Crippen molar-refractivity contribution >= 4 is 11.9 Å². The first-order valence-electron chi connectivity index (χ1n) is 6.61. The number of carbonyl (C=O) groups excluding carboxylic acids is 2. The lowest BCUT2D eigenvalue weighted by molar-refractivity contribution is -0.149. The van der Waals surface area contributed by atoms with Crippen LogP contribution in [-0.4, -0.2) is 24.6 Å². The highest BCUT2D eigenvalue weighted by atomic mass is 16.6. The summed E-state index contributed by atoms with van der Waals surface area (Å²) in [6.07, 6.45) is 3.87. The Balaban J connectivity index is 1.85. The van der Waals surface area contributed by atoms with E-state index in [1.807, 2.05) is 0 Å². The number of hydrogen-bond acceptors (Lipinski definition) is 4. The maximum Gasteiger partial charge on any atom is 0.330 e. The van der Waals surface area contributed by atoms with Crippen LogP contribution in [0.2, 0.25) is 0 Å². The van der Waals surface area contributed by atoms with Crippen molar-refractivity contribution in [2.75, 3.05) is 6.61 Å². The Morgan fingerprint density at radius 1 is 1.56 bits per heavy atom. The van der Waals surface area contributed by atoms with Crippen LogP contribution >= 0.6 is 0 Å². The first kappa shape index (κ1) is 11.8.